The topological polar surface area (TPSA) is 42.2 Å². The normalized spacial score (nSPS) is 16.0. The molecule has 0 spiro atoms. The fraction of sp³-hybridized carbons (Fsp3) is 0.235. The lowest BCUT2D eigenvalue weighted by atomic mass is 10.1. The van der Waals surface area contributed by atoms with Crippen molar-refractivity contribution in [1.82, 2.24) is 0 Å². The zero-order valence-electron chi connectivity index (χ0n) is 11.6. The molecule has 1 unspecified atom stereocenters. The SMILES string of the molecule is Cc1ccc2c(c1)CC(COc1ccc(Br)cc1C#N)O2. The molecular weight excluding hydrogens is 330 g/mol. The Morgan fingerprint density at radius 1 is 1.33 bits per heavy atom. The number of halogens is 1. The molecule has 0 radical (unpaired) electrons. The van der Waals surface area contributed by atoms with Gasteiger partial charge < -0.3 is 9.47 Å². The van der Waals surface area contributed by atoms with E-state index in [-0.39, 0.29) is 6.10 Å². The van der Waals surface area contributed by atoms with Crippen molar-refractivity contribution in [3.63, 3.8) is 0 Å². The van der Waals surface area contributed by atoms with Gasteiger partial charge in [0.1, 0.15) is 30.3 Å². The summed E-state index contributed by atoms with van der Waals surface area (Å²) in [5.41, 5.74) is 2.98. The fourth-order valence-electron chi connectivity index (χ4n) is 2.44. The second kappa shape index (κ2) is 5.79. The molecule has 4 heteroatoms. The first-order valence-corrected chi connectivity index (χ1v) is 7.53. The van der Waals surface area contributed by atoms with Gasteiger partial charge in [-0.3, -0.25) is 0 Å². The Morgan fingerprint density at radius 2 is 2.19 bits per heavy atom. The number of ether oxygens (including phenoxy) is 2. The number of benzene rings is 2. The van der Waals surface area contributed by atoms with Crippen LogP contribution in [0.15, 0.2) is 40.9 Å². The highest BCUT2D eigenvalue weighted by molar-refractivity contribution is 9.10. The Morgan fingerprint density at radius 3 is 3.00 bits per heavy atom. The van der Waals surface area contributed by atoms with E-state index < -0.39 is 0 Å². The van der Waals surface area contributed by atoms with E-state index in [1.54, 1.807) is 12.1 Å². The van der Waals surface area contributed by atoms with Gasteiger partial charge in [-0.1, -0.05) is 33.6 Å². The number of rotatable bonds is 3. The molecule has 21 heavy (non-hydrogen) atoms. The molecule has 0 amide bonds. The standard InChI is InChI=1S/C17H14BrNO2/c1-11-2-4-17-12(6-11)8-15(21-17)10-20-16-5-3-14(18)7-13(16)9-19/h2-7,15H,8,10H2,1H3. The van der Waals surface area contributed by atoms with Gasteiger partial charge in [0.25, 0.3) is 0 Å². The van der Waals surface area contributed by atoms with Crippen LogP contribution >= 0.6 is 15.9 Å². The molecule has 1 heterocycles. The first-order chi connectivity index (χ1) is 10.2. The van der Waals surface area contributed by atoms with E-state index in [1.807, 2.05) is 18.2 Å². The average Bonchev–Trinajstić information content (AvgIpc) is 2.87. The highest BCUT2D eigenvalue weighted by Gasteiger charge is 2.23. The van der Waals surface area contributed by atoms with E-state index in [0.717, 1.165) is 16.6 Å². The Labute approximate surface area is 132 Å². The van der Waals surface area contributed by atoms with E-state index in [0.29, 0.717) is 17.9 Å². The quantitative estimate of drug-likeness (QED) is 0.845. The lowest BCUT2D eigenvalue weighted by Crippen LogP contribution is -2.22. The highest BCUT2D eigenvalue weighted by Crippen LogP contribution is 2.30. The molecule has 0 aromatic heterocycles. The van der Waals surface area contributed by atoms with Gasteiger partial charge >= 0.3 is 0 Å². The van der Waals surface area contributed by atoms with Gasteiger partial charge in [-0.05, 0) is 36.8 Å². The van der Waals surface area contributed by atoms with E-state index >= 15 is 0 Å². The molecule has 0 aliphatic carbocycles. The smallest absolute Gasteiger partial charge is 0.137 e. The van der Waals surface area contributed by atoms with Gasteiger partial charge in [0.15, 0.2) is 0 Å². The predicted octanol–water partition coefficient (Wildman–Crippen LogP) is 4.01. The van der Waals surface area contributed by atoms with Crippen LogP contribution < -0.4 is 9.47 Å². The fourth-order valence-corrected chi connectivity index (χ4v) is 2.80. The number of aryl methyl sites for hydroxylation is 1. The van der Waals surface area contributed by atoms with E-state index in [9.17, 15) is 0 Å². The monoisotopic (exact) mass is 343 g/mol. The van der Waals surface area contributed by atoms with Crippen LogP contribution in [0.2, 0.25) is 0 Å². The third kappa shape index (κ3) is 3.03. The van der Waals surface area contributed by atoms with Crippen LogP contribution in [0.25, 0.3) is 0 Å². The molecular formula is C17H14BrNO2. The Bertz CT molecular complexity index is 721. The number of fused-ring (bicyclic) bond motifs is 1. The summed E-state index contributed by atoms with van der Waals surface area (Å²) in [5, 5.41) is 9.13. The van der Waals surface area contributed by atoms with Gasteiger partial charge in [0.05, 0.1) is 5.56 Å². The van der Waals surface area contributed by atoms with Gasteiger partial charge in [-0.25, -0.2) is 0 Å². The van der Waals surface area contributed by atoms with Crippen LogP contribution in [0.3, 0.4) is 0 Å². The minimum Gasteiger partial charge on any atom is -0.488 e. The van der Waals surface area contributed by atoms with Crippen LogP contribution in [0.1, 0.15) is 16.7 Å². The van der Waals surface area contributed by atoms with Crippen LogP contribution in [0.5, 0.6) is 11.5 Å². The number of hydrogen-bond donors (Lipinski definition) is 0. The number of nitrogens with zero attached hydrogens (tertiary/aromatic N) is 1. The van der Waals surface area contributed by atoms with Crippen molar-refractivity contribution in [1.29, 1.82) is 5.26 Å². The summed E-state index contributed by atoms with van der Waals surface area (Å²) in [6.45, 7) is 2.51. The second-order valence-corrected chi connectivity index (χ2v) is 6.03. The van der Waals surface area contributed by atoms with Gasteiger partial charge in [-0.2, -0.15) is 5.26 Å². The van der Waals surface area contributed by atoms with Crippen molar-refractivity contribution in [2.24, 2.45) is 0 Å². The molecule has 0 saturated heterocycles. The summed E-state index contributed by atoms with van der Waals surface area (Å²) in [7, 11) is 0. The number of nitriles is 1. The molecule has 2 aromatic rings. The number of hydrogen-bond acceptors (Lipinski definition) is 3. The molecule has 1 aliphatic heterocycles. The molecule has 1 aliphatic rings. The summed E-state index contributed by atoms with van der Waals surface area (Å²) in [4.78, 5) is 0. The lowest BCUT2D eigenvalue weighted by molar-refractivity contribution is 0.148. The largest absolute Gasteiger partial charge is 0.488 e. The van der Waals surface area contributed by atoms with Gasteiger partial charge in [0, 0.05) is 10.9 Å². The van der Waals surface area contributed by atoms with Crippen molar-refractivity contribution >= 4 is 15.9 Å². The van der Waals surface area contributed by atoms with Gasteiger partial charge in [0.2, 0.25) is 0 Å². The van der Waals surface area contributed by atoms with E-state index in [2.05, 4.69) is 35.0 Å². The van der Waals surface area contributed by atoms with Crippen LogP contribution in [0, 0.1) is 18.3 Å². The molecule has 1 atom stereocenters. The average molecular weight is 344 g/mol. The lowest BCUT2D eigenvalue weighted by Gasteiger charge is -2.13. The summed E-state index contributed by atoms with van der Waals surface area (Å²) in [5.74, 6) is 1.53. The molecule has 0 fully saturated rings. The van der Waals surface area contributed by atoms with Gasteiger partial charge in [-0.15, -0.1) is 0 Å². The Kier molecular flexibility index (Phi) is 3.85. The highest BCUT2D eigenvalue weighted by atomic mass is 79.9. The zero-order chi connectivity index (χ0) is 14.8. The van der Waals surface area contributed by atoms with Crippen LogP contribution in [-0.2, 0) is 6.42 Å². The zero-order valence-corrected chi connectivity index (χ0v) is 13.2. The maximum atomic E-state index is 9.13. The third-order valence-electron chi connectivity index (χ3n) is 3.44. The summed E-state index contributed by atoms with van der Waals surface area (Å²) < 4.78 is 12.5. The minimum atomic E-state index is -0.00279. The van der Waals surface area contributed by atoms with Crippen molar-refractivity contribution in [3.8, 4) is 17.6 Å². The van der Waals surface area contributed by atoms with Crippen molar-refractivity contribution in [2.75, 3.05) is 6.61 Å². The second-order valence-electron chi connectivity index (χ2n) is 5.12. The molecule has 0 N–H and O–H groups in total. The summed E-state index contributed by atoms with van der Waals surface area (Å²) >= 11 is 3.35. The maximum absolute atomic E-state index is 9.13. The molecule has 0 saturated carbocycles. The maximum Gasteiger partial charge on any atom is 0.137 e. The molecule has 3 nitrogen and oxygen atoms in total. The Balaban J connectivity index is 1.67. The van der Waals surface area contributed by atoms with Crippen molar-refractivity contribution in [2.45, 2.75) is 19.4 Å². The van der Waals surface area contributed by atoms with Crippen molar-refractivity contribution < 1.29 is 9.47 Å². The van der Waals surface area contributed by atoms with E-state index in [4.69, 9.17) is 14.7 Å². The summed E-state index contributed by atoms with van der Waals surface area (Å²) in [6.07, 6.45) is 0.840. The van der Waals surface area contributed by atoms with Crippen LogP contribution in [0.4, 0.5) is 0 Å². The summed E-state index contributed by atoms with van der Waals surface area (Å²) in [6, 6.07) is 13.8. The first-order valence-electron chi connectivity index (χ1n) is 6.74. The van der Waals surface area contributed by atoms with Crippen molar-refractivity contribution in [3.05, 3.63) is 57.6 Å². The minimum absolute atomic E-state index is 0.00279. The Hall–Kier alpha value is -1.99. The molecule has 2 aromatic carbocycles. The van der Waals surface area contributed by atoms with E-state index in [1.165, 1.54) is 11.1 Å². The molecule has 0 bridgehead atoms. The third-order valence-corrected chi connectivity index (χ3v) is 3.94. The molecule has 106 valence electrons. The predicted molar refractivity (Wildman–Crippen MR) is 83.7 cm³/mol. The van der Waals surface area contributed by atoms with Crippen LogP contribution in [-0.4, -0.2) is 12.7 Å². The molecule has 3 rings (SSSR count). The first kappa shape index (κ1) is 14.0.